The van der Waals surface area contributed by atoms with Crippen LogP contribution in [-0.4, -0.2) is 23.5 Å². The first-order chi connectivity index (χ1) is 9.38. The minimum atomic E-state index is -0.641. The van der Waals surface area contributed by atoms with E-state index in [9.17, 15) is 4.79 Å². The van der Waals surface area contributed by atoms with Crippen LogP contribution in [0.15, 0.2) is 18.5 Å². The second-order valence-corrected chi connectivity index (χ2v) is 6.54. The van der Waals surface area contributed by atoms with E-state index in [1.54, 1.807) is 25.6 Å². The van der Waals surface area contributed by atoms with Crippen LogP contribution in [0.4, 0.5) is 5.69 Å². The van der Waals surface area contributed by atoms with E-state index in [2.05, 4.69) is 18.8 Å². The lowest BCUT2D eigenvalue weighted by Gasteiger charge is -2.41. The molecule has 0 radical (unpaired) electrons. The molecule has 0 aromatic carbocycles. The van der Waals surface area contributed by atoms with E-state index in [1.165, 1.54) is 0 Å². The lowest BCUT2D eigenvalue weighted by Crippen LogP contribution is -2.46. The predicted molar refractivity (Wildman–Crippen MR) is 79.3 cm³/mol. The molecule has 1 aromatic rings. The predicted octanol–water partition coefficient (Wildman–Crippen LogP) is 2.76. The summed E-state index contributed by atoms with van der Waals surface area (Å²) in [5.74, 6) is 0.121. The molecule has 1 fully saturated rings. The molecule has 1 saturated carbocycles. The number of nitrogen functional groups attached to an aromatic ring is 1. The minimum absolute atomic E-state index is 0.121. The van der Waals surface area contributed by atoms with Crippen molar-refractivity contribution >= 4 is 11.5 Å². The van der Waals surface area contributed by atoms with Crippen LogP contribution in [0.25, 0.3) is 0 Å². The van der Waals surface area contributed by atoms with Crippen LogP contribution in [-0.2, 0) is 16.0 Å². The molecule has 1 aliphatic carbocycles. The Hall–Kier alpha value is -1.42. The van der Waals surface area contributed by atoms with Crippen LogP contribution in [0.3, 0.4) is 0 Å². The van der Waals surface area contributed by atoms with Crippen molar-refractivity contribution < 1.29 is 9.53 Å². The molecule has 0 spiro atoms. The molecular weight excluding hydrogens is 252 g/mol. The van der Waals surface area contributed by atoms with Crippen LogP contribution in [0.1, 0.15) is 45.1 Å². The summed E-state index contributed by atoms with van der Waals surface area (Å²) in [6.07, 6.45) is 7.20. The zero-order valence-electron chi connectivity index (χ0n) is 12.6. The molecule has 4 nitrogen and oxygen atoms in total. The maximum Gasteiger partial charge on any atom is 0.169 e. The molecule has 2 rings (SSSR count). The third kappa shape index (κ3) is 3.01. The van der Waals surface area contributed by atoms with Gasteiger partial charge >= 0.3 is 0 Å². The molecule has 2 N–H and O–H groups in total. The number of carbonyl (C=O) groups excluding carboxylic acids is 1. The van der Waals surface area contributed by atoms with E-state index in [0.717, 1.165) is 31.2 Å². The molecule has 1 aliphatic rings. The molecule has 0 unspecified atom stereocenters. The SMILES string of the molecule is COC1(C(=O)Cc2cnccc2N)CCC(C)(C)CC1. The number of pyridine rings is 1. The molecule has 4 heteroatoms. The average molecular weight is 276 g/mol. The summed E-state index contributed by atoms with van der Waals surface area (Å²) in [7, 11) is 1.64. The highest BCUT2D eigenvalue weighted by molar-refractivity contribution is 5.90. The van der Waals surface area contributed by atoms with Gasteiger partial charge in [-0.15, -0.1) is 0 Å². The summed E-state index contributed by atoms with van der Waals surface area (Å²) in [5.41, 5.74) is 6.96. The van der Waals surface area contributed by atoms with E-state index in [4.69, 9.17) is 10.5 Å². The smallest absolute Gasteiger partial charge is 0.169 e. The first kappa shape index (κ1) is 15.0. The maximum atomic E-state index is 12.7. The van der Waals surface area contributed by atoms with Gasteiger partial charge in [-0.3, -0.25) is 9.78 Å². The second kappa shape index (κ2) is 5.52. The van der Waals surface area contributed by atoms with Crippen molar-refractivity contribution in [2.75, 3.05) is 12.8 Å². The molecule has 20 heavy (non-hydrogen) atoms. The molecular formula is C16H24N2O2. The van der Waals surface area contributed by atoms with Gasteiger partial charge in [-0.05, 0) is 37.2 Å². The third-order valence-corrected chi connectivity index (χ3v) is 4.60. The van der Waals surface area contributed by atoms with E-state index >= 15 is 0 Å². The molecule has 0 aliphatic heterocycles. The van der Waals surface area contributed by atoms with Gasteiger partial charge in [-0.25, -0.2) is 0 Å². The van der Waals surface area contributed by atoms with Crippen molar-refractivity contribution in [3.8, 4) is 0 Å². The highest BCUT2D eigenvalue weighted by Gasteiger charge is 2.43. The van der Waals surface area contributed by atoms with Crippen LogP contribution < -0.4 is 5.73 Å². The Balaban J connectivity index is 2.13. The summed E-state index contributed by atoms with van der Waals surface area (Å²) < 4.78 is 5.64. The number of hydrogen-bond acceptors (Lipinski definition) is 4. The first-order valence-electron chi connectivity index (χ1n) is 7.15. The summed E-state index contributed by atoms with van der Waals surface area (Å²) in [4.78, 5) is 16.7. The normalized spacial score (nSPS) is 20.6. The highest BCUT2D eigenvalue weighted by Crippen LogP contribution is 2.42. The number of ether oxygens (including phenoxy) is 1. The topological polar surface area (TPSA) is 65.2 Å². The Bertz CT molecular complexity index is 487. The standard InChI is InChI=1S/C16H24N2O2/c1-15(2)5-7-16(20-3,8-6-15)14(19)10-12-11-18-9-4-13(12)17/h4,9,11H,5-8,10H2,1-3H3,(H2,17,18). The second-order valence-electron chi connectivity index (χ2n) is 6.54. The van der Waals surface area contributed by atoms with Crippen molar-refractivity contribution in [1.82, 2.24) is 4.98 Å². The van der Waals surface area contributed by atoms with Gasteiger partial charge in [0.25, 0.3) is 0 Å². The van der Waals surface area contributed by atoms with Crippen molar-refractivity contribution in [2.24, 2.45) is 5.41 Å². The van der Waals surface area contributed by atoms with Gasteiger partial charge in [0.2, 0.25) is 0 Å². The van der Waals surface area contributed by atoms with E-state index in [0.29, 0.717) is 17.5 Å². The molecule has 0 atom stereocenters. The van der Waals surface area contributed by atoms with E-state index in [-0.39, 0.29) is 5.78 Å². The van der Waals surface area contributed by atoms with Gasteiger partial charge < -0.3 is 10.5 Å². The molecule has 0 amide bonds. The van der Waals surface area contributed by atoms with Gasteiger partial charge in [0, 0.05) is 37.2 Å². The Morgan fingerprint density at radius 3 is 2.55 bits per heavy atom. The number of aromatic nitrogens is 1. The van der Waals surface area contributed by atoms with Crippen molar-refractivity contribution in [1.29, 1.82) is 0 Å². The lowest BCUT2D eigenvalue weighted by molar-refractivity contribution is -0.147. The Kier molecular flexibility index (Phi) is 4.14. The highest BCUT2D eigenvalue weighted by atomic mass is 16.5. The fraction of sp³-hybridized carbons (Fsp3) is 0.625. The number of Topliss-reactive ketones (excluding diaryl/α,β-unsaturated/α-hetero) is 1. The average Bonchev–Trinajstić information content (AvgIpc) is 2.42. The lowest BCUT2D eigenvalue weighted by atomic mass is 9.69. The number of nitrogens with zero attached hydrogens (tertiary/aromatic N) is 1. The zero-order valence-corrected chi connectivity index (χ0v) is 12.6. The van der Waals surface area contributed by atoms with Crippen molar-refractivity contribution in [3.05, 3.63) is 24.0 Å². The van der Waals surface area contributed by atoms with Gasteiger partial charge in [0.05, 0.1) is 0 Å². The molecule has 0 bridgehead atoms. The van der Waals surface area contributed by atoms with Gasteiger partial charge in [-0.2, -0.15) is 0 Å². The van der Waals surface area contributed by atoms with Crippen LogP contribution in [0.2, 0.25) is 0 Å². The summed E-state index contributed by atoms with van der Waals surface area (Å²) in [5, 5.41) is 0. The number of ketones is 1. The van der Waals surface area contributed by atoms with Gasteiger partial charge in [-0.1, -0.05) is 13.8 Å². The monoisotopic (exact) mass is 276 g/mol. The molecule has 1 heterocycles. The number of rotatable bonds is 4. The largest absolute Gasteiger partial charge is 0.398 e. The van der Waals surface area contributed by atoms with Crippen LogP contribution >= 0.6 is 0 Å². The van der Waals surface area contributed by atoms with Crippen LogP contribution in [0, 0.1) is 5.41 Å². The van der Waals surface area contributed by atoms with E-state index in [1.807, 2.05) is 0 Å². The minimum Gasteiger partial charge on any atom is -0.398 e. The van der Waals surface area contributed by atoms with Gasteiger partial charge in [0.1, 0.15) is 5.60 Å². The van der Waals surface area contributed by atoms with E-state index < -0.39 is 5.60 Å². The van der Waals surface area contributed by atoms with Crippen LogP contribution in [0.5, 0.6) is 0 Å². The number of hydrogen-bond donors (Lipinski definition) is 1. The summed E-state index contributed by atoms with van der Waals surface area (Å²) in [6.45, 7) is 4.49. The van der Waals surface area contributed by atoms with Crippen molar-refractivity contribution in [3.63, 3.8) is 0 Å². The number of anilines is 1. The molecule has 0 saturated heterocycles. The Morgan fingerprint density at radius 2 is 2.00 bits per heavy atom. The maximum absolute atomic E-state index is 12.7. The Labute approximate surface area is 120 Å². The Morgan fingerprint density at radius 1 is 1.35 bits per heavy atom. The van der Waals surface area contributed by atoms with Gasteiger partial charge in [0.15, 0.2) is 5.78 Å². The summed E-state index contributed by atoms with van der Waals surface area (Å²) >= 11 is 0. The fourth-order valence-electron chi connectivity index (χ4n) is 2.85. The zero-order chi connectivity index (χ0) is 14.8. The third-order valence-electron chi connectivity index (χ3n) is 4.60. The first-order valence-corrected chi connectivity index (χ1v) is 7.15. The molecule has 110 valence electrons. The quantitative estimate of drug-likeness (QED) is 0.918. The van der Waals surface area contributed by atoms with Crippen molar-refractivity contribution in [2.45, 2.75) is 51.6 Å². The number of methoxy groups -OCH3 is 1. The number of carbonyl (C=O) groups is 1. The molecule has 1 aromatic heterocycles. The summed E-state index contributed by atoms with van der Waals surface area (Å²) in [6, 6.07) is 1.73. The fourth-order valence-corrected chi connectivity index (χ4v) is 2.85. The number of nitrogens with two attached hydrogens (primary N) is 1.